The Labute approximate surface area is 395 Å². The van der Waals surface area contributed by atoms with Gasteiger partial charge in [0.05, 0.1) is 22.7 Å². The molecule has 0 fully saturated rings. The molecule has 0 unspecified atom stereocenters. The lowest BCUT2D eigenvalue weighted by Gasteiger charge is -2.49. The SMILES string of the molecule is Cc1cc(C)c(B2c3cc4oc5cc6ccccc6cc5c4cc3N3c4cccc5c4N(c4cc6c(cc4B5c4c(C)cc(C)cc4C)oc4cc5ccccc5cc46)c4cccc2c43)c(C)c1. The Morgan fingerprint density at radius 2 is 0.676 bits per heavy atom. The molecule has 0 amide bonds. The fourth-order valence-electron chi connectivity index (χ4n) is 13.3. The van der Waals surface area contributed by atoms with Crippen LogP contribution in [0.4, 0.5) is 34.1 Å². The van der Waals surface area contributed by atoms with Gasteiger partial charge in [0.2, 0.25) is 13.4 Å². The summed E-state index contributed by atoms with van der Waals surface area (Å²) in [5.74, 6) is 0. The first-order valence-electron chi connectivity index (χ1n) is 24.0. The summed E-state index contributed by atoms with van der Waals surface area (Å²) >= 11 is 0. The molecular formula is C62H44B2N2O2. The number of rotatable bonds is 2. The Bertz CT molecular complexity index is 3950. The number of fused-ring (bicyclic) bond motifs is 14. The van der Waals surface area contributed by atoms with Gasteiger partial charge in [-0.3, -0.25) is 0 Å². The highest BCUT2D eigenvalue weighted by Crippen LogP contribution is 2.56. The van der Waals surface area contributed by atoms with Crippen molar-refractivity contribution >= 4 is 146 Å². The summed E-state index contributed by atoms with van der Waals surface area (Å²) in [5.41, 5.74) is 26.4. The maximum Gasteiger partial charge on any atom is 0.247 e. The molecule has 4 nitrogen and oxygen atoms in total. The minimum atomic E-state index is -0.0401. The average Bonchev–Trinajstić information content (AvgIpc) is 3.85. The summed E-state index contributed by atoms with van der Waals surface area (Å²) in [5, 5.41) is 9.31. The summed E-state index contributed by atoms with van der Waals surface area (Å²) < 4.78 is 13.8. The number of hydrogen-bond acceptors (Lipinski definition) is 4. The van der Waals surface area contributed by atoms with E-state index in [9.17, 15) is 0 Å². The summed E-state index contributed by atoms with van der Waals surface area (Å²) in [6.07, 6.45) is 0. The highest BCUT2D eigenvalue weighted by Gasteiger charge is 2.47. The zero-order valence-electron chi connectivity index (χ0n) is 38.9. The molecule has 6 heteroatoms. The van der Waals surface area contributed by atoms with E-state index in [0.29, 0.717) is 0 Å². The first-order chi connectivity index (χ1) is 33.2. The largest absolute Gasteiger partial charge is 0.456 e. The standard InChI is InChI=1S/C62H44B2N2O2/c1-33-21-35(3)59(36(4)22-33)63-47-17-11-19-51-61(47)65(53-29-45-43-25-39-13-7-9-15-41(39)27-55(43)67-57(45)31-49(53)63)52-20-12-18-48-62(52)66(51)54-30-46-44-26-40-14-8-10-16-42(40)28-56(44)68-58(46)32-50(54)64(48)60-37(5)23-34(2)24-38(60)6/h7-32H,1-6H3. The molecule has 0 saturated heterocycles. The van der Waals surface area contributed by atoms with Gasteiger partial charge in [-0.2, -0.15) is 0 Å². The van der Waals surface area contributed by atoms with Gasteiger partial charge in [0.1, 0.15) is 22.3 Å². The van der Waals surface area contributed by atoms with E-state index in [2.05, 4.69) is 209 Å². The van der Waals surface area contributed by atoms with Crippen LogP contribution in [-0.2, 0) is 0 Å². The second-order valence-electron chi connectivity index (χ2n) is 20.0. The number of hydrogen-bond donors (Lipinski definition) is 0. The number of furan rings is 2. The van der Waals surface area contributed by atoms with Crippen LogP contribution in [0, 0.1) is 41.5 Å². The number of para-hydroxylation sites is 2. The predicted octanol–water partition coefficient (Wildman–Crippen LogP) is 12.6. The van der Waals surface area contributed by atoms with E-state index in [4.69, 9.17) is 8.83 Å². The minimum Gasteiger partial charge on any atom is -0.456 e. The molecule has 0 spiro atoms. The number of aryl methyl sites for hydroxylation is 6. The molecule has 0 atom stereocenters. The van der Waals surface area contributed by atoms with Gasteiger partial charge >= 0.3 is 0 Å². The van der Waals surface area contributed by atoms with Gasteiger partial charge < -0.3 is 18.6 Å². The summed E-state index contributed by atoms with van der Waals surface area (Å²) in [6, 6.07) is 59.4. The Morgan fingerprint density at radius 1 is 0.324 bits per heavy atom. The fourth-order valence-corrected chi connectivity index (χ4v) is 13.3. The first kappa shape index (κ1) is 38.2. The second-order valence-corrected chi connectivity index (χ2v) is 20.0. The van der Waals surface area contributed by atoms with Gasteiger partial charge in [0.25, 0.3) is 0 Å². The van der Waals surface area contributed by atoms with Crippen LogP contribution in [0.1, 0.15) is 33.4 Å². The topological polar surface area (TPSA) is 32.8 Å². The zero-order chi connectivity index (χ0) is 45.4. The van der Waals surface area contributed by atoms with E-state index in [-0.39, 0.29) is 13.4 Å². The first-order valence-corrected chi connectivity index (χ1v) is 24.0. The quantitative estimate of drug-likeness (QED) is 0.162. The highest BCUT2D eigenvalue weighted by molar-refractivity contribution is 7.00. The van der Waals surface area contributed by atoms with Crippen molar-refractivity contribution in [3.63, 3.8) is 0 Å². The third-order valence-electron chi connectivity index (χ3n) is 15.8. The second kappa shape index (κ2) is 13.4. The van der Waals surface area contributed by atoms with Crippen LogP contribution in [0.2, 0.25) is 0 Å². The predicted molar refractivity (Wildman–Crippen MR) is 290 cm³/mol. The Balaban J connectivity index is 1.07. The van der Waals surface area contributed by atoms with Crippen LogP contribution in [0.25, 0.3) is 65.4 Å². The van der Waals surface area contributed by atoms with Crippen LogP contribution in [-0.4, -0.2) is 13.4 Å². The third kappa shape index (κ3) is 5.02. The van der Waals surface area contributed by atoms with Crippen molar-refractivity contribution in [3.05, 3.63) is 191 Å². The summed E-state index contributed by atoms with van der Waals surface area (Å²) in [4.78, 5) is 5.22. The zero-order valence-corrected chi connectivity index (χ0v) is 38.9. The lowest BCUT2D eigenvalue weighted by molar-refractivity contribution is 0.669. The van der Waals surface area contributed by atoms with Crippen molar-refractivity contribution in [2.75, 3.05) is 9.80 Å². The molecule has 68 heavy (non-hydrogen) atoms. The lowest BCUT2D eigenvalue weighted by atomic mass is 9.33. The summed E-state index contributed by atoms with van der Waals surface area (Å²) in [6.45, 7) is 13.5. The number of anilines is 6. The molecule has 320 valence electrons. The van der Waals surface area contributed by atoms with Gasteiger partial charge in [-0.05, 0) is 146 Å². The monoisotopic (exact) mass is 870 g/mol. The van der Waals surface area contributed by atoms with Gasteiger partial charge in [-0.15, -0.1) is 0 Å². The molecule has 15 rings (SSSR count). The molecule has 0 N–H and O–H groups in total. The van der Waals surface area contributed by atoms with Gasteiger partial charge in [0, 0.05) is 32.9 Å². The molecule has 0 bridgehead atoms. The van der Waals surface area contributed by atoms with Crippen molar-refractivity contribution in [1.82, 2.24) is 0 Å². The Hall–Kier alpha value is -7.95. The Kier molecular flexibility index (Phi) is 7.50. The van der Waals surface area contributed by atoms with Crippen LogP contribution >= 0.6 is 0 Å². The van der Waals surface area contributed by atoms with Crippen molar-refractivity contribution in [3.8, 4) is 0 Å². The molecule has 0 aliphatic carbocycles. The minimum absolute atomic E-state index is 0.0401. The van der Waals surface area contributed by atoms with Gasteiger partial charge in [-0.1, -0.05) is 141 Å². The van der Waals surface area contributed by atoms with Crippen LogP contribution in [0.3, 0.4) is 0 Å². The Morgan fingerprint density at radius 3 is 1.07 bits per heavy atom. The van der Waals surface area contributed by atoms with Crippen LogP contribution in [0.5, 0.6) is 0 Å². The molecule has 0 radical (unpaired) electrons. The van der Waals surface area contributed by atoms with E-state index in [1.807, 2.05) is 0 Å². The normalized spacial score (nSPS) is 13.6. The molecule has 0 saturated carbocycles. The van der Waals surface area contributed by atoms with Crippen LogP contribution < -0.4 is 42.6 Å². The maximum absolute atomic E-state index is 6.90. The molecule has 5 heterocycles. The number of nitrogens with zero attached hydrogens (tertiary/aromatic N) is 2. The van der Waals surface area contributed by atoms with E-state index in [1.54, 1.807) is 0 Å². The molecular weight excluding hydrogens is 826 g/mol. The van der Waals surface area contributed by atoms with Gasteiger partial charge in [-0.25, -0.2) is 0 Å². The molecule has 2 aromatic heterocycles. The highest BCUT2D eigenvalue weighted by atomic mass is 16.3. The lowest BCUT2D eigenvalue weighted by Crippen LogP contribution is -2.61. The average molecular weight is 871 g/mol. The smallest absolute Gasteiger partial charge is 0.247 e. The third-order valence-corrected chi connectivity index (χ3v) is 15.8. The molecule has 3 aliphatic rings. The van der Waals surface area contributed by atoms with E-state index in [1.165, 1.54) is 122 Å². The van der Waals surface area contributed by atoms with Crippen molar-refractivity contribution in [1.29, 1.82) is 0 Å². The van der Waals surface area contributed by atoms with Crippen molar-refractivity contribution in [2.24, 2.45) is 0 Å². The van der Waals surface area contributed by atoms with E-state index < -0.39 is 0 Å². The number of benzene rings is 10. The summed E-state index contributed by atoms with van der Waals surface area (Å²) in [7, 11) is 0. The van der Waals surface area contributed by atoms with Gasteiger partial charge in [0.15, 0.2) is 0 Å². The maximum atomic E-state index is 6.90. The van der Waals surface area contributed by atoms with E-state index in [0.717, 1.165) is 43.9 Å². The fraction of sp³-hybridized carbons (Fsp3) is 0.0968. The van der Waals surface area contributed by atoms with Crippen LogP contribution in [0.15, 0.2) is 167 Å². The molecule has 3 aliphatic heterocycles. The molecule has 12 aromatic rings. The molecule has 10 aromatic carbocycles. The van der Waals surface area contributed by atoms with Crippen molar-refractivity contribution < 1.29 is 8.83 Å². The van der Waals surface area contributed by atoms with Crippen molar-refractivity contribution in [2.45, 2.75) is 41.5 Å². The van der Waals surface area contributed by atoms with E-state index >= 15 is 0 Å².